The van der Waals surface area contributed by atoms with Crippen LogP contribution in [0.25, 0.3) is 0 Å². The van der Waals surface area contributed by atoms with E-state index in [9.17, 15) is 14.4 Å². The molecule has 1 N–H and O–H groups in total. The van der Waals surface area contributed by atoms with Crippen molar-refractivity contribution in [2.24, 2.45) is 5.92 Å². The van der Waals surface area contributed by atoms with Gasteiger partial charge in [-0.1, -0.05) is 0 Å². The third kappa shape index (κ3) is 2.31. The summed E-state index contributed by atoms with van der Waals surface area (Å²) in [7, 11) is 0. The molecule has 1 aliphatic carbocycles. The van der Waals surface area contributed by atoms with Gasteiger partial charge in [0.05, 0.1) is 0 Å². The lowest BCUT2D eigenvalue weighted by molar-refractivity contribution is -0.138. The van der Waals surface area contributed by atoms with Crippen molar-refractivity contribution in [2.75, 3.05) is 19.6 Å². The molecule has 6 nitrogen and oxygen atoms in total. The van der Waals surface area contributed by atoms with Crippen molar-refractivity contribution in [3.05, 3.63) is 0 Å². The maximum atomic E-state index is 12.3. The monoisotopic (exact) mass is 267 g/mol. The third-order valence-corrected chi connectivity index (χ3v) is 4.10. The fraction of sp³-hybridized carbons (Fsp3) is 0.769. The molecule has 2 rings (SSSR count). The summed E-state index contributed by atoms with van der Waals surface area (Å²) >= 11 is 0. The van der Waals surface area contributed by atoms with E-state index >= 15 is 0 Å². The number of nitrogens with one attached hydrogen (secondary N) is 1. The summed E-state index contributed by atoms with van der Waals surface area (Å²) in [6, 6.07) is -0.445. The summed E-state index contributed by atoms with van der Waals surface area (Å²) < 4.78 is 0. The van der Waals surface area contributed by atoms with Crippen LogP contribution >= 0.6 is 0 Å². The van der Waals surface area contributed by atoms with E-state index in [1.807, 2.05) is 13.8 Å². The highest BCUT2D eigenvalue weighted by Gasteiger charge is 2.56. The molecule has 4 amide bonds. The molecule has 1 aliphatic heterocycles. The smallest absolute Gasteiger partial charge is 0.325 e. The Bertz CT molecular complexity index is 415. The molecule has 1 heterocycles. The average molecular weight is 267 g/mol. The minimum absolute atomic E-state index is 0.158. The number of amides is 4. The van der Waals surface area contributed by atoms with Crippen LogP contribution in [-0.4, -0.2) is 52.8 Å². The van der Waals surface area contributed by atoms with Gasteiger partial charge in [-0.15, -0.1) is 0 Å². The summed E-state index contributed by atoms with van der Waals surface area (Å²) in [6.45, 7) is 6.52. The molecule has 1 saturated carbocycles. The normalized spacial score (nSPS) is 26.6. The summed E-state index contributed by atoms with van der Waals surface area (Å²) in [5, 5.41) is 2.74. The molecule has 0 aromatic heterocycles. The quantitative estimate of drug-likeness (QED) is 0.741. The Morgan fingerprint density at radius 3 is 2.42 bits per heavy atom. The lowest BCUT2D eigenvalue weighted by Crippen LogP contribution is -2.47. The highest BCUT2D eigenvalue weighted by Crippen LogP contribution is 2.42. The van der Waals surface area contributed by atoms with Crippen molar-refractivity contribution in [3.8, 4) is 0 Å². The van der Waals surface area contributed by atoms with E-state index in [0.717, 1.165) is 17.7 Å². The maximum absolute atomic E-state index is 12.3. The van der Waals surface area contributed by atoms with Gasteiger partial charge in [0, 0.05) is 13.1 Å². The predicted molar refractivity (Wildman–Crippen MR) is 69.3 cm³/mol. The first-order chi connectivity index (χ1) is 8.93. The second-order valence-electron chi connectivity index (χ2n) is 5.36. The highest BCUT2D eigenvalue weighted by molar-refractivity contribution is 6.09. The van der Waals surface area contributed by atoms with Gasteiger partial charge in [-0.25, -0.2) is 4.79 Å². The molecule has 0 aromatic carbocycles. The molecule has 0 spiro atoms. The van der Waals surface area contributed by atoms with Crippen molar-refractivity contribution >= 4 is 17.8 Å². The number of likely N-dealkylation sites (N-methyl/N-ethyl adjacent to an activating group) is 1. The Hall–Kier alpha value is -1.59. The van der Waals surface area contributed by atoms with Gasteiger partial charge in [0.15, 0.2) is 0 Å². The maximum Gasteiger partial charge on any atom is 0.325 e. The molecule has 19 heavy (non-hydrogen) atoms. The number of urea groups is 1. The van der Waals surface area contributed by atoms with Gasteiger partial charge in [0.1, 0.15) is 12.1 Å². The van der Waals surface area contributed by atoms with Crippen LogP contribution in [0.15, 0.2) is 0 Å². The Morgan fingerprint density at radius 2 is 1.95 bits per heavy atom. The molecule has 2 fully saturated rings. The van der Waals surface area contributed by atoms with Crippen LogP contribution in [0.4, 0.5) is 4.79 Å². The van der Waals surface area contributed by atoms with Crippen LogP contribution in [0.3, 0.4) is 0 Å². The van der Waals surface area contributed by atoms with Crippen LogP contribution in [0.2, 0.25) is 0 Å². The van der Waals surface area contributed by atoms with E-state index in [-0.39, 0.29) is 24.3 Å². The van der Waals surface area contributed by atoms with Gasteiger partial charge in [-0.05, 0) is 39.5 Å². The van der Waals surface area contributed by atoms with Gasteiger partial charge < -0.3 is 10.2 Å². The van der Waals surface area contributed by atoms with E-state index in [0.29, 0.717) is 13.1 Å². The molecule has 0 bridgehead atoms. The van der Waals surface area contributed by atoms with E-state index in [1.165, 1.54) is 0 Å². The number of nitrogens with zero attached hydrogens (tertiary/aromatic N) is 2. The first kappa shape index (κ1) is 13.8. The lowest BCUT2D eigenvalue weighted by atomic mass is 9.96. The third-order valence-electron chi connectivity index (χ3n) is 4.10. The fourth-order valence-electron chi connectivity index (χ4n) is 2.61. The van der Waals surface area contributed by atoms with E-state index in [2.05, 4.69) is 5.32 Å². The lowest BCUT2D eigenvalue weighted by Gasteiger charge is -2.23. The first-order valence-corrected chi connectivity index (χ1v) is 6.85. The number of carbonyl (C=O) groups excluding carboxylic acids is 3. The predicted octanol–water partition coefficient (Wildman–Crippen LogP) is 0.575. The summed E-state index contributed by atoms with van der Waals surface area (Å²) in [5.74, 6) is -0.230. The molecular weight excluding hydrogens is 246 g/mol. The zero-order valence-electron chi connectivity index (χ0n) is 11.7. The van der Waals surface area contributed by atoms with Gasteiger partial charge in [0.25, 0.3) is 5.91 Å². The van der Waals surface area contributed by atoms with Crippen LogP contribution in [0, 0.1) is 5.92 Å². The summed E-state index contributed by atoms with van der Waals surface area (Å²) in [6.07, 6.45) is 1.92. The van der Waals surface area contributed by atoms with Gasteiger partial charge in [-0.2, -0.15) is 0 Å². The zero-order valence-corrected chi connectivity index (χ0v) is 11.7. The molecule has 1 saturated heterocycles. The summed E-state index contributed by atoms with van der Waals surface area (Å²) in [4.78, 5) is 38.9. The van der Waals surface area contributed by atoms with Crippen molar-refractivity contribution in [3.63, 3.8) is 0 Å². The van der Waals surface area contributed by atoms with Gasteiger partial charge in [-0.3, -0.25) is 14.5 Å². The zero-order chi connectivity index (χ0) is 14.2. The minimum Gasteiger partial charge on any atom is -0.342 e. The van der Waals surface area contributed by atoms with Crippen LogP contribution in [-0.2, 0) is 9.59 Å². The molecule has 1 atom stereocenters. The number of rotatable bonds is 5. The fourth-order valence-corrected chi connectivity index (χ4v) is 2.61. The summed E-state index contributed by atoms with van der Waals surface area (Å²) in [5.41, 5.74) is -0.805. The van der Waals surface area contributed by atoms with Crippen molar-refractivity contribution < 1.29 is 14.4 Å². The Morgan fingerprint density at radius 1 is 1.37 bits per heavy atom. The molecule has 6 heteroatoms. The molecule has 2 aliphatic rings. The van der Waals surface area contributed by atoms with E-state index < -0.39 is 11.6 Å². The standard InChI is InChI=1S/C13H21N3O3/c1-4-15(5-2)10(17)8-16-11(18)13(3,9-6-7-9)14-12(16)19/h9H,4-8H2,1-3H3,(H,14,19). The second-order valence-corrected chi connectivity index (χ2v) is 5.36. The van der Waals surface area contributed by atoms with Crippen molar-refractivity contribution in [1.29, 1.82) is 0 Å². The number of imide groups is 1. The second kappa shape index (κ2) is 4.83. The van der Waals surface area contributed by atoms with Crippen LogP contribution in [0.1, 0.15) is 33.6 Å². The molecule has 0 aromatic rings. The Kier molecular flexibility index (Phi) is 3.52. The number of carbonyl (C=O) groups is 3. The van der Waals surface area contributed by atoms with Crippen molar-refractivity contribution in [2.45, 2.75) is 39.2 Å². The Labute approximate surface area is 113 Å². The average Bonchev–Trinajstić information content (AvgIpc) is 3.17. The highest BCUT2D eigenvalue weighted by atomic mass is 16.2. The van der Waals surface area contributed by atoms with Crippen LogP contribution < -0.4 is 5.32 Å². The molecular formula is C13H21N3O3. The van der Waals surface area contributed by atoms with E-state index in [4.69, 9.17) is 0 Å². The minimum atomic E-state index is -0.805. The largest absolute Gasteiger partial charge is 0.342 e. The molecule has 1 unspecified atom stereocenters. The topological polar surface area (TPSA) is 69.7 Å². The van der Waals surface area contributed by atoms with Gasteiger partial charge in [0.2, 0.25) is 5.91 Å². The number of hydrogen-bond donors (Lipinski definition) is 1. The first-order valence-electron chi connectivity index (χ1n) is 6.85. The van der Waals surface area contributed by atoms with E-state index in [1.54, 1.807) is 11.8 Å². The molecule has 0 radical (unpaired) electrons. The number of hydrogen-bond acceptors (Lipinski definition) is 3. The Balaban J connectivity index is 2.07. The molecule has 106 valence electrons. The van der Waals surface area contributed by atoms with Crippen molar-refractivity contribution in [1.82, 2.24) is 15.1 Å². The van der Waals surface area contributed by atoms with Gasteiger partial charge >= 0.3 is 6.03 Å². The SMILES string of the molecule is CCN(CC)C(=O)CN1C(=O)NC(C)(C2CC2)C1=O. The van der Waals surface area contributed by atoms with Crippen LogP contribution in [0.5, 0.6) is 0 Å².